The van der Waals surface area contributed by atoms with Crippen LogP contribution in [0.4, 0.5) is 22.0 Å². The van der Waals surface area contributed by atoms with Crippen LogP contribution in [0.3, 0.4) is 0 Å². The highest BCUT2D eigenvalue weighted by Crippen LogP contribution is 2.40. The Morgan fingerprint density at radius 3 is 2.33 bits per heavy atom. The molecule has 1 N–H and O–H groups in total. The SMILES string of the molecule is CN(CCCCCCC1=C(c2ccc(F)c(F)c2)CCCc2cc(O)ccc21)CCCCSCCC(F)(F)F. The number of aryl methyl sites for hydroxylation is 1. The third-order valence-electron chi connectivity index (χ3n) is 7.24. The van der Waals surface area contributed by atoms with Crippen LogP contribution < -0.4 is 0 Å². The molecule has 0 radical (unpaired) electrons. The lowest BCUT2D eigenvalue weighted by Crippen LogP contribution is -2.21. The van der Waals surface area contributed by atoms with Crippen molar-refractivity contribution in [3.8, 4) is 5.75 Å². The van der Waals surface area contributed by atoms with Crippen molar-refractivity contribution in [3.63, 3.8) is 0 Å². The van der Waals surface area contributed by atoms with E-state index in [1.54, 1.807) is 12.1 Å². The van der Waals surface area contributed by atoms with Gasteiger partial charge in [0.2, 0.25) is 0 Å². The molecule has 0 saturated heterocycles. The molecule has 2 nitrogen and oxygen atoms in total. The molecule has 8 heteroatoms. The maximum absolute atomic E-state index is 14.1. The number of rotatable bonds is 15. The number of hydrogen-bond acceptors (Lipinski definition) is 3. The molecule has 0 aromatic heterocycles. The van der Waals surface area contributed by atoms with Crippen molar-refractivity contribution in [2.75, 3.05) is 31.6 Å². The number of alkyl halides is 3. The summed E-state index contributed by atoms with van der Waals surface area (Å²) in [7, 11) is 2.09. The first-order valence-electron chi connectivity index (χ1n) is 14.0. The van der Waals surface area contributed by atoms with Gasteiger partial charge in [0, 0.05) is 5.75 Å². The number of allylic oxidation sites excluding steroid dienone is 2. The monoisotopic (exact) mass is 569 g/mol. The van der Waals surface area contributed by atoms with Crippen LogP contribution in [-0.4, -0.2) is 47.8 Å². The van der Waals surface area contributed by atoms with E-state index in [2.05, 4.69) is 11.9 Å². The maximum Gasteiger partial charge on any atom is 0.389 e. The summed E-state index contributed by atoms with van der Waals surface area (Å²) in [6.07, 6.45) is 4.71. The Morgan fingerprint density at radius 1 is 0.846 bits per heavy atom. The van der Waals surface area contributed by atoms with Crippen molar-refractivity contribution >= 4 is 22.9 Å². The second kappa shape index (κ2) is 15.7. The molecule has 1 aliphatic rings. The second-order valence-corrected chi connectivity index (χ2v) is 11.7. The van der Waals surface area contributed by atoms with Gasteiger partial charge in [-0.2, -0.15) is 24.9 Å². The third kappa shape index (κ3) is 10.8. The summed E-state index contributed by atoms with van der Waals surface area (Å²) in [6.45, 7) is 1.94. The largest absolute Gasteiger partial charge is 0.508 e. The van der Waals surface area contributed by atoms with Crippen molar-refractivity contribution < 1.29 is 27.1 Å². The molecule has 2 aromatic carbocycles. The topological polar surface area (TPSA) is 23.5 Å². The van der Waals surface area contributed by atoms with Crippen molar-refractivity contribution in [1.82, 2.24) is 4.90 Å². The number of phenolic OH excluding ortho intramolecular Hbond substituents is 1. The number of thioether (sulfide) groups is 1. The summed E-state index contributed by atoms with van der Waals surface area (Å²) in [6, 6.07) is 9.63. The van der Waals surface area contributed by atoms with E-state index >= 15 is 0 Å². The molecule has 2 aromatic rings. The quantitative estimate of drug-likeness (QED) is 0.171. The lowest BCUT2D eigenvalue weighted by molar-refractivity contribution is -0.129. The van der Waals surface area contributed by atoms with Crippen LogP contribution in [0, 0.1) is 11.6 Å². The molecule has 216 valence electrons. The van der Waals surface area contributed by atoms with Crippen molar-refractivity contribution in [2.24, 2.45) is 0 Å². The van der Waals surface area contributed by atoms with Gasteiger partial charge in [0.1, 0.15) is 5.75 Å². The van der Waals surface area contributed by atoms with Gasteiger partial charge in [-0.05, 0) is 129 Å². The van der Waals surface area contributed by atoms with Gasteiger partial charge in [0.15, 0.2) is 11.6 Å². The summed E-state index contributed by atoms with van der Waals surface area (Å²) in [5, 5.41) is 10.0. The minimum absolute atomic E-state index is 0.145. The van der Waals surface area contributed by atoms with E-state index in [-0.39, 0.29) is 11.5 Å². The van der Waals surface area contributed by atoms with E-state index in [9.17, 15) is 27.1 Å². The molecule has 0 unspecified atom stereocenters. The number of benzene rings is 2. The van der Waals surface area contributed by atoms with E-state index in [1.165, 1.54) is 29.5 Å². The first-order valence-corrected chi connectivity index (χ1v) is 15.1. The number of nitrogens with zero attached hydrogens (tertiary/aromatic N) is 1. The Hall–Kier alpha value is -2.06. The van der Waals surface area contributed by atoms with Crippen LogP contribution in [0.25, 0.3) is 11.1 Å². The number of hydrogen-bond donors (Lipinski definition) is 1. The van der Waals surface area contributed by atoms with Gasteiger partial charge in [-0.25, -0.2) is 8.78 Å². The molecule has 0 saturated carbocycles. The molecular weight excluding hydrogens is 529 g/mol. The predicted octanol–water partition coefficient (Wildman–Crippen LogP) is 9.27. The molecule has 0 bridgehead atoms. The first kappa shape index (κ1) is 31.5. The minimum Gasteiger partial charge on any atom is -0.508 e. The molecule has 1 aliphatic carbocycles. The van der Waals surface area contributed by atoms with Gasteiger partial charge in [-0.1, -0.05) is 25.0 Å². The van der Waals surface area contributed by atoms with Crippen molar-refractivity contribution in [2.45, 2.75) is 76.8 Å². The van der Waals surface area contributed by atoms with Crippen molar-refractivity contribution in [3.05, 3.63) is 64.7 Å². The number of aromatic hydroxyl groups is 1. The summed E-state index contributed by atoms with van der Waals surface area (Å²) >= 11 is 1.38. The lowest BCUT2D eigenvalue weighted by atomic mass is 9.89. The zero-order chi connectivity index (χ0) is 28.3. The highest BCUT2D eigenvalue weighted by atomic mass is 32.2. The number of phenols is 1. The fraction of sp³-hybridized carbons (Fsp3) is 0.548. The van der Waals surface area contributed by atoms with Gasteiger partial charge in [0.25, 0.3) is 0 Å². The Balaban J connectivity index is 1.46. The van der Waals surface area contributed by atoms with Crippen LogP contribution in [-0.2, 0) is 6.42 Å². The van der Waals surface area contributed by atoms with Crippen LogP contribution in [0.1, 0.15) is 80.9 Å². The molecule has 0 atom stereocenters. The van der Waals surface area contributed by atoms with Gasteiger partial charge in [0.05, 0.1) is 6.42 Å². The Morgan fingerprint density at radius 2 is 1.59 bits per heavy atom. The average molecular weight is 570 g/mol. The zero-order valence-corrected chi connectivity index (χ0v) is 23.6. The van der Waals surface area contributed by atoms with E-state index in [1.807, 2.05) is 12.1 Å². The summed E-state index contributed by atoms with van der Waals surface area (Å²) in [4.78, 5) is 2.29. The van der Waals surface area contributed by atoms with E-state index in [0.29, 0.717) is 0 Å². The Labute approximate surface area is 233 Å². The fourth-order valence-corrected chi connectivity index (χ4v) is 6.15. The Kier molecular flexibility index (Phi) is 12.6. The van der Waals surface area contributed by atoms with Crippen LogP contribution in [0.15, 0.2) is 36.4 Å². The van der Waals surface area contributed by atoms with E-state index < -0.39 is 24.2 Å². The van der Waals surface area contributed by atoms with Gasteiger partial charge in [-0.3, -0.25) is 0 Å². The highest BCUT2D eigenvalue weighted by molar-refractivity contribution is 7.99. The lowest BCUT2D eigenvalue weighted by Gasteiger charge is -2.17. The molecule has 0 spiro atoms. The summed E-state index contributed by atoms with van der Waals surface area (Å²) in [5.74, 6) is -0.515. The smallest absolute Gasteiger partial charge is 0.389 e. The van der Waals surface area contributed by atoms with Gasteiger partial charge >= 0.3 is 6.18 Å². The van der Waals surface area contributed by atoms with Crippen LogP contribution in [0.2, 0.25) is 0 Å². The molecule has 39 heavy (non-hydrogen) atoms. The molecule has 0 amide bonds. The molecular formula is C31H40F5NOS. The molecule has 0 aliphatic heterocycles. The highest BCUT2D eigenvalue weighted by Gasteiger charge is 2.26. The van der Waals surface area contributed by atoms with E-state index in [4.69, 9.17) is 0 Å². The van der Waals surface area contributed by atoms with Crippen molar-refractivity contribution in [1.29, 1.82) is 0 Å². The Bertz CT molecular complexity index is 1090. The van der Waals surface area contributed by atoms with E-state index in [0.717, 1.165) is 105 Å². The average Bonchev–Trinajstić information content (AvgIpc) is 3.05. The fourth-order valence-electron chi connectivity index (χ4n) is 5.16. The van der Waals surface area contributed by atoms with Crippen LogP contribution >= 0.6 is 11.8 Å². The van der Waals surface area contributed by atoms with Crippen LogP contribution in [0.5, 0.6) is 5.75 Å². The molecule has 0 fully saturated rings. The summed E-state index contributed by atoms with van der Waals surface area (Å²) in [5.41, 5.74) is 5.16. The first-order chi connectivity index (χ1) is 18.6. The third-order valence-corrected chi connectivity index (χ3v) is 8.31. The summed E-state index contributed by atoms with van der Waals surface area (Å²) < 4.78 is 64.2. The molecule has 0 heterocycles. The standard InChI is InChI=1S/C31H40F5NOS/c1-37(18-6-7-19-39-20-16-31(34,35)36)17-5-3-2-4-10-28-26(24-12-15-29(32)30(33)22-24)11-8-9-23-21-25(38)13-14-27(23)28/h12-15,21-22,38H,2-11,16-20H2,1H3. The maximum atomic E-state index is 14.1. The number of halogens is 5. The van der Waals surface area contributed by atoms with Gasteiger partial charge in [-0.15, -0.1) is 0 Å². The normalized spacial score (nSPS) is 14.1. The second-order valence-electron chi connectivity index (χ2n) is 10.4. The number of fused-ring (bicyclic) bond motifs is 1. The number of unbranched alkanes of at least 4 members (excludes halogenated alkanes) is 4. The zero-order valence-electron chi connectivity index (χ0n) is 22.8. The molecule has 3 rings (SSSR count). The van der Waals surface area contributed by atoms with Gasteiger partial charge < -0.3 is 10.0 Å². The minimum atomic E-state index is -4.06. The predicted molar refractivity (Wildman–Crippen MR) is 152 cm³/mol.